The Labute approximate surface area is 211 Å². The summed E-state index contributed by atoms with van der Waals surface area (Å²) in [4.78, 5) is 6.11. The van der Waals surface area contributed by atoms with E-state index < -0.39 is 16.1 Å². The standard InChI is InChI=1S/C26H26ClN5O2S/c1-19-12-13-22(16-23(19)27)35(33,34)32-15-14-31(17-25(32)21-9-4-3-5-10-21)26(29-18-28)30-24-11-7-6-8-20(24)2/h3-13,16,25H,14-15,17H2,1-2H3,(H,29,30). The molecule has 3 aromatic carbocycles. The Balaban J connectivity index is 1.69. The first-order chi connectivity index (χ1) is 16.8. The molecular weight excluding hydrogens is 482 g/mol. The number of guanidine groups is 1. The Morgan fingerprint density at radius 2 is 1.74 bits per heavy atom. The molecule has 1 aliphatic heterocycles. The summed E-state index contributed by atoms with van der Waals surface area (Å²) in [5.41, 5.74) is 3.51. The highest BCUT2D eigenvalue weighted by Gasteiger charge is 2.38. The Morgan fingerprint density at radius 1 is 1.03 bits per heavy atom. The molecule has 1 atom stereocenters. The third-order valence-corrected chi connectivity index (χ3v) is 8.42. The molecule has 180 valence electrons. The number of sulfonamides is 1. The van der Waals surface area contributed by atoms with Crippen molar-refractivity contribution in [1.82, 2.24) is 9.21 Å². The van der Waals surface area contributed by atoms with E-state index in [-0.39, 0.29) is 11.4 Å². The van der Waals surface area contributed by atoms with Crippen LogP contribution in [-0.4, -0.2) is 43.2 Å². The zero-order valence-electron chi connectivity index (χ0n) is 19.5. The van der Waals surface area contributed by atoms with Gasteiger partial charge in [-0.25, -0.2) is 8.42 Å². The molecule has 0 aliphatic carbocycles. The van der Waals surface area contributed by atoms with Crippen molar-refractivity contribution in [2.75, 3.05) is 25.0 Å². The lowest BCUT2D eigenvalue weighted by molar-refractivity contribution is 0.194. The van der Waals surface area contributed by atoms with Crippen LogP contribution in [0.25, 0.3) is 0 Å². The largest absolute Gasteiger partial charge is 0.339 e. The summed E-state index contributed by atoms with van der Waals surface area (Å²) in [6, 6.07) is 21.5. The van der Waals surface area contributed by atoms with Crippen LogP contribution in [0.4, 0.5) is 5.69 Å². The number of benzene rings is 3. The number of aryl methyl sites for hydroxylation is 2. The van der Waals surface area contributed by atoms with Crippen LogP contribution in [0.5, 0.6) is 0 Å². The van der Waals surface area contributed by atoms with Crippen LogP contribution >= 0.6 is 11.6 Å². The number of piperazine rings is 1. The monoisotopic (exact) mass is 507 g/mol. The van der Waals surface area contributed by atoms with Crippen molar-refractivity contribution in [1.29, 1.82) is 5.26 Å². The average molecular weight is 508 g/mol. The highest BCUT2D eigenvalue weighted by molar-refractivity contribution is 7.89. The minimum Gasteiger partial charge on any atom is -0.339 e. The Hall–Kier alpha value is -3.38. The smallest absolute Gasteiger partial charge is 0.243 e. The molecule has 1 aliphatic rings. The van der Waals surface area contributed by atoms with Gasteiger partial charge in [-0.1, -0.05) is 66.2 Å². The van der Waals surface area contributed by atoms with E-state index in [1.54, 1.807) is 12.1 Å². The predicted molar refractivity (Wildman–Crippen MR) is 139 cm³/mol. The zero-order valence-corrected chi connectivity index (χ0v) is 21.1. The molecule has 35 heavy (non-hydrogen) atoms. The van der Waals surface area contributed by atoms with Gasteiger partial charge in [0, 0.05) is 30.3 Å². The lowest BCUT2D eigenvalue weighted by atomic mass is 10.0. The first-order valence-electron chi connectivity index (χ1n) is 11.2. The first-order valence-corrected chi connectivity index (χ1v) is 13.0. The number of halogens is 1. The highest BCUT2D eigenvalue weighted by Crippen LogP contribution is 2.33. The maximum absolute atomic E-state index is 13.7. The molecule has 1 N–H and O–H groups in total. The van der Waals surface area contributed by atoms with E-state index >= 15 is 0 Å². The van der Waals surface area contributed by atoms with Crippen molar-refractivity contribution in [3.05, 3.63) is 94.5 Å². The van der Waals surface area contributed by atoms with Crippen molar-refractivity contribution in [2.24, 2.45) is 4.99 Å². The van der Waals surface area contributed by atoms with Gasteiger partial charge in [0.15, 0.2) is 0 Å². The average Bonchev–Trinajstić information content (AvgIpc) is 2.86. The molecule has 7 nitrogen and oxygen atoms in total. The van der Waals surface area contributed by atoms with Gasteiger partial charge in [0.2, 0.25) is 22.2 Å². The number of nitrogens with one attached hydrogen (secondary N) is 1. The molecule has 0 amide bonds. The zero-order chi connectivity index (χ0) is 25.0. The van der Waals surface area contributed by atoms with E-state index in [0.717, 1.165) is 22.4 Å². The van der Waals surface area contributed by atoms with Crippen LogP contribution in [0.3, 0.4) is 0 Å². The van der Waals surface area contributed by atoms with Crippen LogP contribution in [0.1, 0.15) is 22.7 Å². The number of hydrogen-bond donors (Lipinski definition) is 1. The summed E-state index contributed by atoms with van der Waals surface area (Å²) in [6.45, 7) is 4.70. The van der Waals surface area contributed by atoms with Crippen molar-refractivity contribution in [3.63, 3.8) is 0 Å². The van der Waals surface area contributed by atoms with E-state index in [1.165, 1.54) is 10.4 Å². The molecule has 0 spiro atoms. The number of nitriles is 1. The van der Waals surface area contributed by atoms with Crippen LogP contribution < -0.4 is 5.32 Å². The number of aliphatic imine (C=N–C) groups is 1. The normalized spacial score (nSPS) is 17.1. The maximum Gasteiger partial charge on any atom is 0.243 e. The number of hydrogen-bond acceptors (Lipinski definition) is 4. The number of anilines is 1. The molecule has 1 fully saturated rings. The maximum atomic E-state index is 13.7. The van der Waals surface area contributed by atoms with Crippen molar-refractivity contribution in [3.8, 4) is 6.19 Å². The number of para-hydroxylation sites is 1. The summed E-state index contributed by atoms with van der Waals surface area (Å²) >= 11 is 6.26. The highest BCUT2D eigenvalue weighted by atomic mass is 35.5. The predicted octanol–water partition coefficient (Wildman–Crippen LogP) is 4.95. The van der Waals surface area contributed by atoms with E-state index in [9.17, 15) is 13.7 Å². The summed E-state index contributed by atoms with van der Waals surface area (Å²) in [5.74, 6) is 0.387. The van der Waals surface area contributed by atoms with Crippen LogP contribution in [0.2, 0.25) is 5.02 Å². The van der Waals surface area contributed by atoms with Crippen LogP contribution in [-0.2, 0) is 10.0 Å². The lowest BCUT2D eigenvalue weighted by Crippen LogP contribution is -2.53. The molecule has 1 unspecified atom stereocenters. The molecule has 0 bridgehead atoms. The van der Waals surface area contributed by atoms with Crippen LogP contribution in [0.15, 0.2) is 82.7 Å². The SMILES string of the molecule is Cc1ccc(S(=O)(=O)N2CCN(/C(=N\C#N)Nc3ccccc3C)CC2c2ccccc2)cc1Cl. The summed E-state index contributed by atoms with van der Waals surface area (Å²) in [5, 5.41) is 13.0. The molecule has 9 heteroatoms. The minimum absolute atomic E-state index is 0.159. The first kappa shape index (κ1) is 24.7. The van der Waals surface area contributed by atoms with Gasteiger partial charge in [0.05, 0.1) is 10.9 Å². The van der Waals surface area contributed by atoms with Crippen molar-refractivity contribution >= 4 is 33.3 Å². The fraction of sp³-hybridized carbons (Fsp3) is 0.231. The van der Waals surface area contributed by atoms with E-state index in [1.807, 2.05) is 79.5 Å². The van der Waals surface area contributed by atoms with Gasteiger partial charge in [0.1, 0.15) is 0 Å². The van der Waals surface area contributed by atoms with Gasteiger partial charge in [-0.3, -0.25) is 0 Å². The molecule has 3 aromatic rings. The molecule has 4 rings (SSSR count). The Morgan fingerprint density at radius 3 is 2.43 bits per heavy atom. The van der Waals surface area contributed by atoms with Gasteiger partial charge in [-0.15, -0.1) is 4.99 Å². The Kier molecular flexibility index (Phi) is 7.41. The van der Waals surface area contributed by atoms with Crippen molar-refractivity contribution in [2.45, 2.75) is 24.8 Å². The molecule has 0 radical (unpaired) electrons. The summed E-state index contributed by atoms with van der Waals surface area (Å²) in [7, 11) is -3.83. The topological polar surface area (TPSA) is 88.8 Å². The molecule has 0 aromatic heterocycles. The fourth-order valence-electron chi connectivity index (χ4n) is 4.12. The second kappa shape index (κ2) is 10.5. The summed E-state index contributed by atoms with van der Waals surface area (Å²) < 4.78 is 29.0. The minimum atomic E-state index is -3.83. The third kappa shape index (κ3) is 5.33. The van der Waals surface area contributed by atoms with E-state index in [2.05, 4.69) is 10.3 Å². The van der Waals surface area contributed by atoms with Crippen LogP contribution in [0, 0.1) is 25.3 Å². The van der Waals surface area contributed by atoms with E-state index in [4.69, 9.17) is 11.6 Å². The fourth-order valence-corrected chi connectivity index (χ4v) is 5.99. The second-order valence-corrected chi connectivity index (χ2v) is 10.7. The molecule has 1 saturated heterocycles. The second-order valence-electron chi connectivity index (χ2n) is 8.37. The number of nitrogens with zero attached hydrogens (tertiary/aromatic N) is 4. The van der Waals surface area contributed by atoms with Crippen molar-refractivity contribution < 1.29 is 8.42 Å². The Bertz CT molecular complexity index is 1390. The number of rotatable bonds is 4. The quantitative estimate of drug-likeness (QED) is 0.306. The molecule has 0 saturated carbocycles. The van der Waals surface area contributed by atoms with Gasteiger partial charge < -0.3 is 10.2 Å². The van der Waals surface area contributed by atoms with Gasteiger partial charge in [-0.2, -0.15) is 9.57 Å². The van der Waals surface area contributed by atoms with Gasteiger partial charge in [0.25, 0.3) is 0 Å². The van der Waals surface area contributed by atoms with E-state index in [0.29, 0.717) is 24.1 Å². The summed E-state index contributed by atoms with van der Waals surface area (Å²) in [6.07, 6.45) is 1.88. The third-order valence-electron chi connectivity index (χ3n) is 6.11. The van der Waals surface area contributed by atoms with Gasteiger partial charge in [-0.05, 0) is 48.7 Å². The molecular formula is C26H26ClN5O2S. The lowest BCUT2D eigenvalue weighted by Gasteiger charge is -2.41. The molecule has 1 heterocycles. The van der Waals surface area contributed by atoms with Gasteiger partial charge >= 0.3 is 0 Å².